The fourth-order valence-electron chi connectivity index (χ4n) is 3.08. The summed E-state index contributed by atoms with van der Waals surface area (Å²) in [6.07, 6.45) is 3.37. The Balaban J connectivity index is 1.63. The van der Waals surface area contributed by atoms with Crippen molar-refractivity contribution >= 4 is 29.0 Å². The number of aromatic nitrogens is 1. The van der Waals surface area contributed by atoms with Crippen LogP contribution in [0.25, 0.3) is 0 Å². The number of anilines is 1. The van der Waals surface area contributed by atoms with E-state index in [1.807, 2.05) is 30.0 Å². The van der Waals surface area contributed by atoms with Gasteiger partial charge in [0.25, 0.3) is 5.91 Å². The number of nitrogens with zero attached hydrogens (tertiary/aromatic N) is 2. The molecule has 2 aromatic heterocycles. The minimum Gasteiger partial charge on any atom is -0.337 e. The number of hydrogen-bond acceptors (Lipinski definition) is 4. The molecule has 1 atom stereocenters. The first-order valence-electron chi connectivity index (χ1n) is 9.06. The molecule has 5 nitrogen and oxygen atoms in total. The lowest BCUT2D eigenvalue weighted by molar-refractivity contribution is -0.121. The lowest BCUT2D eigenvalue weighted by Gasteiger charge is -2.31. The normalized spacial score (nSPS) is 17.4. The van der Waals surface area contributed by atoms with E-state index in [9.17, 15) is 9.59 Å². The fraction of sp³-hybridized carbons (Fsp3) is 0.450. The number of aryl methyl sites for hydroxylation is 1. The number of thiophene rings is 1. The monoisotopic (exact) mass is 371 g/mol. The molecule has 1 N–H and O–H groups in total. The van der Waals surface area contributed by atoms with E-state index < -0.39 is 0 Å². The predicted octanol–water partition coefficient (Wildman–Crippen LogP) is 4.07. The van der Waals surface area contributed by atoms with Gasteiger partial charge in [0.15, 0.2) is 0 Å². The van der Waals surface area contributed by atoms with Crippen molar-refractivity contribution < 1.29 is 9.59 Å². The summed E-state index contributed by atoms with van der Waals surface area (Å²) in [6, 6.07) is 7.66. The lowest BCUT2D eigenvalue weighted by atomic mass is 9.97. The number of amides is 2. The summed E-state index contributed by atoms with van der Waals surface area (Å²) >= 11 is 1.55. The van der Waals surface area contributed by atoms with E-state index in [1.165, 1.54) is 4.88 Å². The first-order chi connectivity index (χ1) is 12.4. The summed E-state index contributed by atoms with van der Waals surface area (Å²) in [6.45, 7) is 7.38. The topological polar surface area (TPSA) is 62.3 Å². The molecule has 26 heavy (non-hydrogen) atoms. The van der Waals surface area contributed by atoms with Crippen LogP contribution in [0.3, 0.4) is 0 Å². The van der Waals surface area contributed by atoms with Crippen LogP contribution in [-0.2, 0) is 4.79 Å². The van der Waals surface area contributed by atoms with Gasteiger partial charge in [-0.1, -0.05) is 19.9 Å². The molecule has 0 saturated carbocycles. The van der Waals surface area contributed by atoms with Crippen LogP contribution in [0.2, 0.25) is 0 Å². The number of nitrogens with one attached hydrogen (secondary N) is 1. The van der Waals surface area contributed by atoms with Gasteiger partial charge >= 0.3 is 0 Å². The maximum Gasteiger partial charge on any atom is 0.263 e. The number of rotatable bonds is 4. The predicted molar refractivity (Wildman–Crippen MR) is 105 cm³/mol. The second-order valence-electron chi connectivity index (χ2n) is 7.16. The molecule has 0 aromatic carbocycles. The number of carbonyl (C=O) groups excluding carboxylic acids is 2. The molecule has 2 aromatic rings. The van der Waals surface area contributed by atoms with Crippen LogP contribution < -0.4 is 5.32 Å². The van der Waals surface area contributed by atoms with E-state index >= 15 is 0 Å². The summed E-state index contributed by atoms with van der Waals surface area (Å²) in [5, 5.41) is 2.87. The van der Waals surface area contributed by atoms with Gasteiger partial charge < -0.3 is 10.2 Å². The molecule has 1 aliphatic rings. The van der Waals surface area contributed by atoms with Crippen LogP contribution in [-0.4, -0.2) is 34.8 Å². The van der Waals surface area contributed by atoms with Gasteiger partial charge in [-0.2, -0.15) is 0 Å². The summed E-state index contributed by atoms with van der Waals surface area (Å²) in [4.78, 5) is 33.4. The number of piperidine rings is 1. The molecule has 2 amide bonds. The second-order valence-corrected chi connectivity index (χ2v) is 8.27. The Bertz CT molecular complexity index is 783. The fourth-order valence-corrected chi connectivity index (χ4v) is 4.06. The van der Waals surface area contributed by atoms with Crippen molar-refractivity contribution in [1.82, 2.24) is 9.88 Å². The minimum atomic E-state index is -0.194. The summed E-state index contributed by atoms with van der Waals surface area (Å²) < 4.78 is 0. The van der Waals surface area contributed by atoms with E-state index in [4.69, 9.17) is 0 Å². The van der Waals surface area contributed by atoms with Crippen molar-refractivity contribution in [2.45, 2.75) is 39.5 Å². The first-order valence-corrected chi connectivity index (χ1v) is 9.88. The van der Waals surface area contributed by atoms with Crippen LogP contribution in [0.1, 0.15) is 52.7 Å². The quantitative estimate of drug-likeness (QED) is 0.881. The zero-order chi connectivity index (χ0) is 18.7. The highest BCUT2D eigenvalue weighted by molar-refractivity contribution is 7.14. The highest BCUT2D eigenvalue weighted by Gasteiger charge is 2.29. The van der Waals surface area contributed by atoms with Crippen molar-refractivity contribution in [2.24, 2.45) is 5.92 Å². The molecule has 1 saturated heterocycles. The van der Waals surface area contributed by atoms with E-state index in [-0.39, 0.29) is 17.7 Å². The van der Waals surface area contributed by atoms with Gasteiger partial charge in [-0.05, 0) is 49.4 Å². The van der Waals surface area contributed by atoms with Gasteiger partial charge in [-0.3, -0.25) is 9.59 Å². The Morgan fingerprint density at radius 3 is 2.73 bits per heavy atom. The Morgan fingerprint density at radius 2 is 2.08 bits per heavy atom. The Hall–Kier alpha value is -2.21. The first kappa shape index (κ1) is 18.6. The lowest BCUT2D eigenvalue weighted by Crippen LogP contribution is -2.43. The highest BCUT2D eigenvalue weighted by atomic mass is 32.1. The second kappa shape index (κ2) is 7.99. The maximum atomic E-state index is 12.8. The van der Waals surface area contributed by atoms with Crippen LogP contribution in [0.15, 0.2) is 30.5 Å². The van der Waals surface area contributed by atoms with Crippen LogP contribution in [0.5, 0.6) is 0 Å². The molecule has 6 heteroatoms. The van der Waals surface area contributed by atoms with Gasteiger partial charge in [0.1, 0.15) is 5.82 Å². The van der Waals surface area contributed by atoms with Crippen LogP contribution in [0.4, 0.5) is 5.82 Å². The molecular weight excluding hydrogens is 346 g/mol. The van der Waals surface area contributed by atoms with Crippen molar-refractivity contribution in [3.8, 4) is 0 Å². The third-order valence-corrected chi connectivity index (χ3v) is 6.02. The third-order valence-electron chi connectivity index (χ3n) is 4.65. The Kier molecular flexibility index (Phi) is 5.71. The maximum absolute atomic E-state index is 12.8. The molecule has 138 valence electrons. The van der Waals surface area contributed by atoms with Crippen LogP contribution in [0, 0.1) is 12.8 Å². The van der Waals surface area contributed by atoms with E-state index in [0.717, 1.165) is 23.3 Å². The zero-order valence-electron chi connectivity index (χ0n) is 15.5. The van der Waals surface area contributed by atoms with Crippen molar-refractivity contribution in [3.63, 3.8) is 0 Å². The highest BCUT2D eigenvalue weighted by Crippen LogP contribution is 2.27. The van der Waals surface area contributed by atoms with Crippen molar-refractivity contribution in [1.29, 1.82) is 0 Å². The molecule has 1 aliphatic heterocycles. The third kappa shape index (κ3) is 4.30. The summed E-state index contributed by atoms with van der Waals surface area (Å²) in [5.74, 6) is 0.758. The summed E-state index contributed by atoms with van der Waals surface area (Å²) in [5.41, 5.74) is 1.05. The van der Waals surface area contributed by atoms with E-state index in [1.54, 1.807) is 23.6 Å². The average Bonchev–Trinajstić information content (AvgIpc) is 3.13. The van der Waals surface area contributed by atoms with Gasteiger partial charge in [0, 0.05) is 24.2 Å². The summed E-state index contributed by atoms with van der Waals surface area (Å²) in [7, 11) is 0. The van der Waals surface area contributed by atoms with E-state index in [0.29, 0.717) is 24.8 Å². The molecule has 1 unspecified atom stereocenters. The van der Waals surface area contributed by atoms with Gasteiger partial charge in [0.2, 0.25) is 5.91 Å². The van der Waals surface area contributed by atoms with Gasteiger partial charge in [-0.15, -0.1) is 11.3 Å². The molecular formula is C20H25N3O2S. The molecule has 0 bridgehead atoms. The zero-order valence-corrected chi connectivity index (χ0v) is 16.3. The minimum absolute atomic E-state index is 0.0351. The number of pyridine rings is 1. The van der Waals surface area contributed by atoms with Gasteiger partial charge in [0.05, 0.1) is 10.8 Å². The number of likely N-dealkylation sites (tertiary alicyclic amines) is 1. The molecule has 0 radical (unpaired) electrons. The number of hydrogen-bond donors (Lipinski definition) is 1. The number of carbonyl (C=O) groups is 2. The Labute approximate surface area is 158 Å². The molecule has 1 fully saturated rings. The van der Waals surface area contributed by atoms with Gasteiger partial charge in [-0.25, -0.2) is 4.98 Å². The van der Waals surface area contributed by atoms with Crippen molar-refractivity contribution in [2.75, 3.05) is 18.4 Å². The SMILES string of the molecule is Cc1ccc(NC(=O)C2CCCN(C(=O)c3ccc(C(C)C)s3)C2)nc1. The molecule has 3 heterocycles. The molecule has 0 aliphatic carbocycles. The molecule has 0 spiro atoms. The van der Waals surface area contributed by atoms with E-state index in [2.05, 4.69) is 24.1 Å². The van der Waals surface area contributed by atoms with Crippen molar-refractivity contribution in [3.05, 3.63) is 45.8 Å². The average molecular weight is 372 g/mol. The smallest absolute Gasteiger partial charge is 0.263 e. The molecule has 3 rings (SSSR count). The largest absolute Gasteiger partial charge is 0.337 e. The van der Waals surface area contributed by atoms with Crippen LogP contribution >= 0.6 is 11.3 Å². The Morgan fingerprint density at radius 1 is 1.27 bits per heavy atom. The standard InChI is InChI=1S/C20H25N3O2S/c1-13(2)16-7-8-17(26-16)20(25)23-10-4-5-15(12-23)19(24)22-18-9-6-14(3)11-21-18/h6-9,11,13,15H,4-5,10,12H2,1-3H3,(H,21,22,24).